The molecule has 3 aromatic heterocycles. The number of fused-ring (bicyclic) bond motifs is 1. The number of aromatic nitrogens is 5. The SMILES string of the molecule is Cn1ccc(-c2ccc(Nc3cc(NC(=O)C4CC4)nc4c3nc(C(F)F)n4C3CCCCO3)c(P(C)(C)=O)c2)n1. The van der Waals surface area contributed by atoms with Crippen molar-refractivity contribution in [3.63, 3.8) is 0 Å². The van der Waals surface area contributed by atoms with Crippen molar-refractivity contribution in [1.29, 1.82) is 0 Å². The predicted octanol–water partition coefficient (Wildman–Crippen LogP) is 5.81. The molecule has 1 amide bonds. The molecule has 1 aromatic carbocycles. The fourth-order valence-corrected chi connectivity index (χ4v) is 6.30. The highest BCUT2D eigenvalue weighted by Crippen LogP contribution is 2.42. The minimum Gasteiger partial charge on any atom is -0.358 e. The fourth-order valence-electron chi connectivity index (χ4n) is 5.13. The average Bonchev–Trinajstić information content (AvgIpc) is 3.58. The maximum absolute atomic E-state index is 14.3. The molecule has 6 rings (SSSR count). The number of carbonyl (C=O) groups is 1. The second-order valence-electron chi connectivity index (χ2n) is 11.0. The largest absolute Gasteiger partial charge is 0.358 e. The summed E-state index contributed by atoms with van der Waals surface area (Å²) in [7, 11) is -0.999. The Hall–Kier alpha value is -3.63. The lowest BCUT2D eigenvalue weighted by Gasteiger charge is -2.25. The Morgan fingerprint density at radius 2 is 1.90 bits per heavy atom. The molecule has 2 N–H and O–H groups in total. The number of halogens is 2. The number of imidazole rings is 1. The molecule has 1 unspecified atom stereocenters. The first kappa shape index (κ1) is 27.5. The third-order valence-corrected chi connectivity index (χ3v) is 8.90. The maximum atomic E-state index is 14.3. The maximum Gasteiger partial charge on any atom is 0.295 e. The van der Waals surface area contributed by atoms with Gasteiger partial charge >= 0.3 is 0 Å². The van der Waals surface area contributed by atoms with Gasteiger partial charge < -0.3 is 19.9 Å². The Morgan fingerprint density at radius 3 is 2.54 bits per heavy atom. The van der Waals surface area contributed by atoms with Crippen molar-refractivity contribution in [2.75, 3.05) is 30.6 Å². The summed E-state index contributed by atoms with van der Waals surface area (Å²) < 4.78 is 51.0. The Bertz CT molecular complexity index is 1670. The molecule has 1 aliphatic heterocycles. The van der Waals surface area contributed by atoms with Crippen LogP contribution < -0.4 is 15.9 Å². The second-order valence-corrected chi connectivity index (χ2v) is 14.2. The molecule has 4 aromatic rings. The van der Waals surface area contributed by atoms with Gasteiger partial charge in [-0.05, 0) is 63.6 Å². The van der Waals surface area contributed by atoms with Gasteiger partial charge in [-0.15, -0.1) is 0 Å². The number of pyridine rings is 1. The number of anilines is 3. The van der Waals surface area contributed by atoms with Crippen LogP contribution in [0, 0.1) is 5.92 Å². The van der Waals surface area contributed by atoms with Crippen LogP contribution in [0.5, 0.6) is 0 Å². The van der Waals surface area contributed by atoms with E-state index in [1.54, 1.807) is 30.1 Å². The molecule has 1 saturated heterocycles. The normalized spacial score (nSPS) is 17.8. The molecule has 1 atom stereocenters. The summed E-state index contributed by atoms with van der Waals surface area (Å²) >= 11 is 0. The number of nitrogens with zero attached hydrogens (tertiary/aromatic N) is 5. The molecule has 10 nitrogen and oxygen atoms in total. The first-order valence-electron chi connectivity index (χ1n) is 13.7. The van der Waals surface area contributed by atoms with Gasteiger partial charge in [0.05, 0.1) is 11.4 Å². The summed E-state index contributed by atoms with van der Waals surface area (Å²) in [6, 6.07) is 8.94. The molecule has 1 aliphatic carbocycles. The number of amides is 1. The van der Waals surface area contributed by atoms with E-state index in [4.69, 9.17) is 4.74 Å². The molecule has 2 aliphatic rings. The number of benzene rings is 1. The Balaban J connectivity index is 1.49. The van der Waals surface area contributed by atoms with Crippen molar-refractivity contribution in [3.8, 4) is 11.3 Å². The Morgan fingerprint density at radius 1 is 1.10 bits per heavy atom. The van der Waals surface area contributed by atoms with Crippen LogP contribution in [0.4, 0.5) is 26.0 Å². The number of aryl methyl sites for hydroxylation is 1. The van der Waals surface area contributed by atoms with Crippen LogP contribution in [0.15, 0.2) is 36.5 Å². The van der Waals surface area contributed by atoms with Gasteiger partial charge in [0.2, 0.25) is 5.91 Å². The Labute approximate surface area is 235 Å². The zero-order valence-electron chi connectivity index (χ0n) is 23.1. The standard InChI is InChI=1S/C28H32F2N7O3P/c1-36-12-11-18(35-36)17-9-10-19(21(14-17)41(2,3)39)31-20-15-22(33-28(38)16-7-8-16)32-26-24(20)34-27(25(29)30)37(26)23-6-4-5-13-40-23/h9-12,14-16,23,25H,4-8,13H2,1-3H3,(H2,31,32,33,38). The van der Waals surface area contributed by atoms with Crippen LogP contribution in [0.25, 0.3) is 22.4 Å². The van der Waals surface area contributed by atoms with Crippen LogP contribution in [0.1, 0.15) is 50.6 Å². The number of rotatable bonds is 8. The van der Waals surface area contributed by atoms with Crippen LogP contribution in [-0.2, 0) is 21.1 Å². The van der Waals surface area contributed by atoms with E-state index < -0.39 is 25.6 Å². The predicted molar refractivity (Wildman–Crippen MR) is 154 cm³/mol. The topological polar surface area (TPSA) is 116 Å². The number of hydrogen-bond donors (Lipinski definition) is 2. The number of carbonyl (C=O) groups excluding carboxylic acids is 1. The summed E-state index contributed by atoms with van der Waals surface area (Å²) in [5.74, 6) is -0.471. The van der Waals surface area contributed by atoms with Gasteiger partial charge in [-0.1, -0.05) is 6.07 Å². The van der Waals surface area contributed by atoms with E-state index in [-0.39, 0.29) is 28.8 Å². The average molecular weight is 584 g/mol. The van der Waals surface area contributed by atoms with Crippen molar-refractivity contribution >= 4 is 46.7 Å². The van der Waals surface area contributed by atoms with Gasteiger partial charge in [-0.2, -0.15) is 5.10 Å². The molecule has 216 valence electrons. The summed E-state index contributed by atoms with van der Waals surface area (Å²) in [6.07, 6.45) is 2.14. The minimum atomic E-state index is -2.87. The molecular weight excluding hydrogens is 551 g/mol. The minimum absolute atomic E-state index is 0.0797. The summed E-state index contributed by atoms with van der Waals surface area (Å²) in [6.45, 7) is 3.79. The third kappa shape index (κ3) is 5.63. The molecule has 2 fully saturated rings. The number of nitrogens with one attached hydrogen (secondary N) is 2. The van der Waals surface area contributed by atoms with E-state index in [0.29, 0.717) is 29.7 Å². The second kappa shape index (κ2) is 10.6. The van der Waals surface area contributed by atoms with Gasteiger partial charge in [-0.25, -0.2) is 18.7 Å². The number of hydrogen-bond acceptors (Lipinski definition) is 7. The first-order chi connectivity index (χ1) is 19.6. The molecule has 0 spiro atoms. The van der Waals surface area contributed by atoms with E-state index >= 15 is 0 Å². The smallest absolute Gasteiger partial charge is 0.295 e. The molecule has 0 bridgehead atoms. The summed E-state index contributed by atoms with van der Waals surface area (Å²) in [4.78, 5) is 21.6. The number of alkyl halides is 2. The molecule has 0 radical (unpaired) electrons. The summed E-state index contributed by atoms with van der Waals surface area (Å²) in [5, 5.41) is 11.2. The van der Waals surface area contributed by atoms with E-state index in [1.165, 1.54) is 4.57 Å². The van der Waals surface area contributed by atoms with Gasteiger partial charge in [0, 0.05) is 48.4 Å². The Kier molecular flexibility index (Phi) is 7.15. The first-order valence-corrected chi connectivity index (χ1v) is 16.3. The van der Waals surface area contributed by atoms with Crippen molar-refractivity contribution in [3.05, 3.63) is 42.4 Å². The lowest BCUT2D eigenvalue weighted by molar-refractivity contribution is -0.117. The summed E-state index contributed by atoms with van der Waals surface area (Å²) in [5.41, 5.74) is 2.82. The lowest BCUT2D eigenvalue weighted by Crippen LogP contribution is -2.21. The number of ether oxygens (including phenoxy) is 1. The van der Waals surface area contributed by atoms with Gasteiger partial charge in [-0.3, -0.25) is 14.0 Å². The molecule has 41 heavy (non-hydrogen) atoms. The quantitative estimate of drug-likeness (QED) is 0.252. The van der Waals surface area contributed by atoms with Crippen molar-refractivity contribution in [2.45, 2.75) is 44.8 Å². The lowest BCUT2D eigenvalue weighted by atomic mass is 10.1. The zero-order chi connectivity index (χ0) is 28.9. The van der Waals surface area contributed by atoms with Gasteiger partial charge in [0.25, 0.3) is 6.43 Å². The van der Waals surface area contributed by atoms with Crippen LogP contribution in [0.3, 0.4) is 0 Å². The molecular formula is C28H32F2N7O3P. The van der Waals surface area contributed by atoms with Crippen molar-refractivity contribution in [2.24, 2.45) is 13.0 Å². The van der Waals surface area contributed by atoms with Crippen LogP contribution in [0.2, 0.25) is 0 Å². The monoisotopic (exact) mass is 583 g/mol. The molecule has 13 heteroatoms. The van der Waals surface area contributed by atoms with Crippen molar-refractivity contribution < 1.29 is 22.9 Å². The highest BCUT2D eigenvalue weighted by molar-refractivity contribution is 7.70. The third-order valence-electron chi connectivity index (χ3n) is 7.37. The van der Waals surface area contributed by atoms with Crippen molar-refractivity contribution in [1.82, 2.24) is 24.3 Å². The van der Waals surface area contributed by atoms with E-state index in [2.05, 4.69) is 25.7 Å². The zero-order valence-corrected chi connectivity index (χ0v) is 24.0. The van der Waals surface area contributed by atoms with Gasteiger partial charge in [0.15, 0.2) is 11.5 Å². The van der Waals surface area contributed by atoms with E-state index in [1.807, 2.05) is 31.4 Å². The highest BCUT2D eigenvalue weighted by atomic mass is 31.2. The molecule has 4 heterocycles. The van der Waals surface area contributed by atoms with Crippen LogP contribution >= 0.6 is 7.14 Å². The molecule has 1 saturated carbocycles. The van der Waals surface area contributed by atoms with E-state index in [9.17, 15) is 18.1 Å². The van der Waals surface area contributed by atoms with Crippen LogP contribution in [-0.4, -0.2) is 50.2 Å². The highest BCUT2D eigenvalue weighted by Gasteiger charge is 2.32. The van der Waals surface area contributed by atoms with E-state index in [0.717, 1.165) is 36.9 Å². The fraction of sp³-hybridized carbons (Fsp3) is 0.429. The van der Waals surface area contributed by atoms with Gasteiger partial charge in [0.1, 0.15) is 24.7 Å².